The minimum Gasteiger partial charge on any atom is -0.310 e. The Morgan fingerprint density at radius 2 is 0.833 bits per heavy atom. The lowest BCUT2D eigenvalue weighted by atomic mass is 9.98. The molecule has 13 aromatic rings. The van der Waals surface area contributed by atoms with Crippen molar-refractivity contribution in [3.8, 4) is 39.9 Å². The molecule has 3 heterocycles. The Labute approximate surface area is 379 Å². The van der Waals surface area contributed by atoms with E-state index < -0.39 is 0 Å². The third-order valence-electron chi connectivity index (χ3n) is 12.6. The monoisotopic (exact) mass is 843 g/mol. The Balaban J connectivity index is 1.11. The molecule has 7 heteroatoms. The van der Waals surface area contributed by atoms with Crippen LogP contribution in [0.25, 0.3) is 105 Å². The Morgan fingerprint density at radius 1 is 0.303 bits per heavy atom. The highest BCUT2D eigenvalue weighted by Crippen LogP contribution is 2.43. The van der Waals surface area contributed by atoms with Gasteiger partial charge in [-0.1, -0.05) is 164 Å². The Kier molecular flexibility index (Phi) is 8.70. The lowest BCUT2D eigenvalue weighted by Crippen LogP contribution is -2.09. The van der Waals surface area contributed by atoms with Crippen molar-refractivity contribution in [1.82, 2.24) is 29.5 Å². The fourth-order valence-corrected chi connectivity index (χ4v) is 9.55. The number of aromatic nitrogens is 6. The SMILES string of the molecule is c1ccc(-c2ccc3c(c2)c2c4nc5c6ccc(N(c7ccccc7)c7ccccc7)cc6c6ccccc6c5nc4ccc2n3-c2nc(-c3ccccc3)nc(-c3ccccc3)n2)cc1. The predicted octanol–water partition coefficient (Wildman–Crippen LogP) is 14.8. The predicted molar refractivity (Wildman–Crippen MR) is 271 cm³/mol. The van der Waals surface area contributed by atoms with Gasteiger partial charge in [-0.2, -0.15) is 9.97 Å². The normalized spacial score (nSPS) is 11.6. The fourth-order valence-electron chi connectivity index (χ4n) is 9.55. The first-order chi connectivity index (χ1) is 32.7. The summed E-state index contributed by atoms with van der Waals surface area (Å²) in [7, 11) is 0. The van der Waals surface area contributed by atoms with Crippen molar-refractivity contribution in [2.75, 3.05) is 4.90 Å². The summed E-state index contributed by atoms with van der Waals surface area (Å²) in [5, 5.41) is 6.33. The van der Waals surface area contributed by atoms with Gasteiger partial charge in [0.05, 0.1) is 33.1 Å². The molecule has 0 aliphatic heterocycles. The highest BCUT2D eigenvalue weighted by Gasteiger charge is 2.23. The van der Waals surface area contributed by atoms with Crippen LogP contribution in [0.2, 0.25) is 0 Å². The average molecular weight is 844 g/mol. The second-order valence-corrected chi connectivity index (χ2v) is 16.5. The lowest BCUT2D eigenvalue weighted by molar-refractivity contribution is 0.953. The van der Waals surface area contributed by atoms with Gasteiger partial charge in [0, 0.05) is 49.7 Å². The topological polar surface area (TPSA) is 72.6 Å². The van der Waals surface area contributed by atoms with E-state index in [0.29, 0.717) is 17.6 Å². The zero-order chi connectivity index (χ0) is 43.6. The summed E-state index contributed by atoms with van der Waals surface area (Å²) in [5.41, 5.74) is 12.5. The average Bonchev–Trinajstić information content (AvgIpc) is 3.74. The number of rotatable bonds is 7. The van der Waals surface area contributed by atoms with Crippen molar-refractivity contribution in [2.45, 2.75) is 0 Å². The zero-order valence-electron chi connectivity index (χ0n) is 35.5. The fraction of sp³-hybridized carbons (Fsp3) is 0. The van der Waals surface area contributed by atoms with Crippen LogP contribution in [-0.2, 0) is 0 Å². The molecule has 0 saturated carbocycles. The summed E-state index contributed by atoms with van der Waals surface area (Å²) in [6.07, 6.45) is 0. The molecule has 0 spiro atoms. The Hall–Kier alpha value is -9.07. The third kappa shape index (κ3) is 6.17. The molecule has 0 fully saturated rings. The van der Waals surface area contributed by atoms with Crippen molar-refractivity contribution >= 4 is 82.5 Å². The maximum Gasteiger partial charge on any atom is 0.238 e. The largest absolute Gasteiger partial charge is 0.310 e. The van der Waals surface area contributed by atoms with E-state index in [1.807, 2.05) is 60.7 Å². The molecule has 3 aromatic heterocycles. The summed E-state index contributed by atoms with van der Waals surface area (Å²) in [5.74, 6) is 1.71. The minimum atomic E-state index is 0.522. The Morgan fingerprint density at radius 3 is 1.47 bits per heavy atom. The van der Waals surface area contributed by atoms with Crippen LogP contribution in [0, 0.1) is 0 Å². The quantitative estimate of drug-likeness (QED) is 0.118. The van der Waals surface area contributed by atoms with Gasteiger partial charge in [-0.05, 0) is 82.6 Å². The number of nitrogens with zero attached hydrogens (tertiary/aromatic N) is 7. The molecule has 0 aliphatic carbocycles. The highest BCUT2D eigenvalue weighted by molar-refractivity contribution is 6.27. The number of anilines is 3. The van der Waals surface area contributed by atoms with Crippen LogP contribution < -0.4 is 4.90 Å². The van der Waals surface area contributed by atoms with E-state index in [0.717, 1.165) is 105 Å². The van der Waals surface area contributed by atoms with Crippen LogP contribution in [0.15, 0.2) is 224 Å². The van der Waals surface area contributed by atoms with Gasteiger partial charge >= 0.3 is 0 Å². The van der Waals surface area contributed by atoms with Crippen LogP contribution in [0.5, 0.6) is 0 Å². The van der Waals surface area contributed by atoms with E-state index in [1.165, 1.54) is 0 Å². The van der Waals surface area contributed by atoms with Gasteiger partial charge in [0.2, 0.25) is 5.95 Å². The molecule has 66 heavy (non-hydrogen) atoms. The van der Waals surface area contributed by atoms with Crippen molar-refractivity contribution in [3.63, 3.8) is 0 Å². The number of hydrogen-bond acceptors (Lipinski definition) is 6. The van der Waals surface area contributed by atoms with Gasteiger partial charge in [0.25, 0.3) is 0 Å². The molecule has 0 saturated heterocycles. The standard InChI is InChI=1S/C59H37N7/c1-6-18-38(19-7-1)41-30-34-51-49(36-41)53-52(66(51)59-63-57(39-20-8-2-9-21-39)62-58(64-59)40-22-10-3-11-23-40)35-33-50-56(53)61-55-47-32-31-44(37-48(47)45-28-16-17-29-46(45)54(55)60-50)65(42-24-12-4-13-25-42)43-26-14-5-15-27-43/h1-37H. The third-order valence-corrected chi connectivity index (χ3v) is 12.6. The number of hydrogen-bond donors (Lipinski definition) is 0. The van der Waals surface area contributed by atoms with Gasteiger partial charge < -0.3 is 4.90 Å². The summed E-state index contributed by atoms with van der Waals surface area (Å²) >= 11 is 0. The molecular weight excluding hydrogens is 807 g/mol. The molecular formula is C59H37N7. The van der Waals surface area contributed by atoms with Crippen molar-refractivity contribution in [2.24, 2.45) is 0 Å². The van der Waals surface area contributed by atoms with Crippen LogP contribution in [0.1, 0.15) is 0 Å². The van der Waals surface area contributed by atoms with Crippen molar-refractivity contribution < 1.29 is 0 Å². The van der Waals surface area contributed by atoms with Crippen LogP contribution in [-0.4, -0.2) is 29.5 Å². The van der Waals surface area contributed by atoms with Gasteiger partial charge in [0.15, 0.2) is 11.6 Å². The van der Waals surface area contributed by atoms with Crippen LogP contribution in [0.3, 0.4) is 0 Å². The number of para-hydroxylation sites is 2. The highest BCUT2D eigenvalue weighted by atomic mass is 15.2. The first-order valence-corrected chi connectivity index (χ1v) is 22.1. The van der Waals surface area contributed by atoms with Crippen LogP contribution >= 0.6 is 0 Å². The summed E-state index contributed by atoms with van der Waals surface area (Å²) in [6, 6.07) is 78.0. The molecule has 0 radical (unpaired) electrons. The molecule has 10 aromatic carbocycles. The van der Waals surface area contributed by atoms with E-state index in [2.05, 4.69) is 173 Å². The van der Waals surface area contributed by atoms with E-state index in [1.54, 1.807) is 0 Å². The molecule has 0 unspecified atom stereocenters. The maximum absolute atomic E-state index is 5.72. The molecule has 0 bridgehead atoms. The van der Waals surface area contributed by atoms with Gasteiger partial charge in [-0.15, -0.1) is 0 Å². The summed E-state index contributed by atoms with van der Waals surface area (Å²) < 4.78 is 2.16. The Bertz CT molecular complexity index is 3870. The second kappa shape index (κ2) is 15.3. The number of fused-ring (bicyclic) bond motifs is 11. The zero-order valence-corrected chi connectivity index (χ0v) is 35.5. The van der Waals surface area contributed by atoms with Crippen LogP contribution in [0.4, 0.5) is 17.1 Å². The molecule has 0 atom stereocenters. The lowest BCUT2D eigenvalue weighted by Gasteiger charge is -2.26. The van der Waals surface area contributed by atoms with E-state index in [4.69, 9.17) is 24.9 Å². The minimum absolute atomic E-state index is 0.522. The van der Waals surface area contributed by atoms with E-state index in [-0.39, 0.29) is 0 Å². The first kappa shape index (κ1) is 37.5. The van der Waals surface area contributed by atoms with Gasteiger partial charge in [-0.25, -0.2) is 15.0 Å². The number of benzene rings is 10. The molecule has 0 N–H and O–H groups in total. The molecule has 0 amide bonds. The second-order valence-electron chi connectivity index (χ2n) is 16.5. The molecule has 13 rings (SSSR count). The summed E-state index contributed by atoms with van der Waals surface area (Å²) in [4.78, 5) is 29.0. The summed E-state index contributed by atoms with van der Waals surface area (Å²) in [6.45, 7) is 0. The van der Waals surface area contributed by atoms with Crippen molar-refractivity contribution in [3.05, 3.63) is 224 Å². The maximum atomic E-state index is 5.72. The molecule has 7 nitrogen and oxygen atoms in total. The van der Waals surface area contributed by atoms with Crippen molar-refractivity contribution in [1.29, 1.82) is 0 Å². The molecule has 0 aliphatic rings. The molecule has 308 valence electrons. The van der Waals surface area contributed by atoms with E-state index in [9.17, 15) is 0 Å². The van der Waals surface area contributed by atoms with Gasteiger partial charge in [0.1, 0.15) is 0 Å². The smallest absolute Gasteiger partial charge is 0.238 e. The van der Waals surface area contributed by atoms with E-state index >= 15 is 0 Å². The van der Waals surface area contributed by atoms with Gasteiger partial charge in [-0.3, -0.25) is 4.57 Å². The first-order valence-electron chi connectivity index (χ1n) is 22.1.